The lowest BCUT2D eigenvalue weighted by molar-refractivity contribution is -0.145. The summed E-state index contributed by atoms with van der Waals surface area (Å²) >= 11 is 0. The predicted molar refractivity (Wildman–Crippen MR) is 120 cm³/mol. The Kier molecular flexibility index (Phi) is 6.03. The summed E-state index contributed by atoms with van der Waals surface area (Å²) in [6, 6.07) is 6.20. The van der Waals surface area contributed by atoms with Crippen LogP contribution in [0.2, 0.25) is 0 Å². The lowest BCUT2D eigenvalue weighted by Crippen LogP contribution is -2.53. The van der Waals surface area contributed by atoms with Gasteiger partial charge < -0.3 is 25.7 Å². The second-order valence-electron chi connectivity index (χ2n) is 9.08. The standard InChI is InChI=1S/C23H27N5O6/c1-27(2)21(34)19(32)26-23-9-7-14(8-10-23)12-28-20(33)17(30)16(25-22(23)28)18(31)24-11-13-3-5-15(29)6-4-13/h3-6,14,29-30H,7-12H2,1-2H3,(H,24,31)(H,26,32). The smallest absolute Gasteiger partial charge is 0.311 e. The average molecular weight is 469 g/mol. The second kappa shape index (κ2) is 8.81. The summed E-state index contributed by atoms with van der Waals surface area (Å²) in [7, 11) is 2.93. The Bertz CT molecular complexity index is 1200. The molecule has 1 saturated carbocycles. The highest BCUT2D eigenvalue weighted by Gasteiger charge is 2.46. The quantitative estimate of drug-likeness (QED) is 0.466. The Balaban J connectivity index is 1.70. The Morgan fingerprint density at radius 3 is 2.41 bits per heavy atom. The minimum absolute atomic E-state index is 0.0833. The van der Waals surface area contributed by atoms with E-state index in [1.807, 2.05) is 0 Å². The van der Waals surface area contributed by atoms with E-state index in [2.05, 4.69) is 15.6 Å². The van der Waals surface area contributed by atoms with Crippen LogP contribution in [0, 0.1) is 5.92 Å². The second-order valence-corrected chi connectivity index (χ2v) is 9.08. The van der Waals surface area contributed by atoms with E-state index in [1.165, 1.54) is 30.8 Å². The molecule has 4 N–H and O–H groups in total. The van der Waals surface area contributed by atoms with Gasteiger partial charge in [0.15, 0.2) is 5.69 Å². The van der Waals surface area contributed by atoms with Crippen molar-refractivity contribution in [1.82, 2.24) is 25.1 Å². The van der Waals surface area contributed by atoms with Gasteiger partial charge in [0.05, 0.1) is 5.54 Å². The van der Waals surface area contributed by atoms with Gasteiger partial charge in [0.1, 0.15) is 11.6 Å². The number of carbonyl (C=O) groups excluding carboxylic acids is 3. The number of nitrogens with one attached hydrogen (secondary N) is 2. The lowest BCUT2D eigenvalue weighted by Gasteiger charge is -2.37. The topological polar surface area (TPSA) is 154 Å². The highest BCUT2D eigenvalue weighted by Crippen LogP contribution is 2.42. The van der Waals surface area contributed by atoms with Gasteiger partial charge in [-0.1, -0.05) is 12.1 Å². The Morgan fingerprint density at radius 2 is 1.79 bits per heavy atom. The average Bonchev–Trinajstić information content (AvgIpc) is 3.06. The van der Waals surface area contributed by atoms with Crippen molar-refractivity contribution in [2.24, 2.45) is 5.92 Å². The van der Waals surface area contributed by atoms with Gasteiger partial charge in [-0.3, -0.25) is 23.7 Å². The molecule has 5 rings (SSSR count). The molecule has 1 aliphatic carbocycles. The molecule has 2 bridgehead atoms. The molecule has 0 radical (unpaired) electrons. The van der Waals surface area contributed by atoms with Crippen molar-refractivity contribution in [3.63, 3.8) is 0 Å². The van der Waals surface area contributed by atoms with Gasteiger partial charge in [0.2, 0.25) is 5.75 Å². The molecule has 3 amide bonds. The number of likely N-dealkylation sites (N-methyl/N-ethyl adjacent to an activating group) is 1. The molecule has 11 heteroatoms. The Morgan fingerprint density at radius 1 is 1.15 bits per heavy atom. The van der Waals surface area contributed by atoms with Crippen molar-refractivity contribution in [1.29, 1.82) is 0 Å². The fraction of sp³-hybridized carbons (Fsp3) is 0.435. The van der Waals surface area contributed by atoms with Crippen LogP contribution in [0.1, 0.15) is 47.6 Å². The zero-order valence-corrected chi connectivity index (χ0v) is 19.0. The SMILES string of the molecule is CN(C)C(=O)C(=O)NC12CCC(CC1)Cn1c2nc(C(=O)NCc2ccc(O)cc2)c(O)c1=O. The Labute approximate surface area is 195 Å². The van der Waals surface area contributed by atoms with Crippen molar-refractivity contribution in [3.8, 4) is 11.5 Å². The largest absolute Gasteiger partial charge is 0.508 e. The number of phenols is 1. The maximum absolute atomic E-state index is 13.1. The van der Waals surface area contributed by atoms with Crippen LogP contribution < -0.4 is 16.2 Å². The molecule has 0 atom stereocenters. The van der Waals surface area contributed by atoms with Crippen molar-refractivity contribution in [2.75, 3.05) is 14.1 Å². The van der Waals surface area contributed by atoms with Crippen molar-refractivity contribution >= 4 is 17.7 Å². The minimum Gasteiger partial charge on any atom is -0.508 e. The Hall–Kier alpha value is -3.89. The molecule has 2 aromatic rings. The molecule has 1 aromatic heterocycles. The van der Waals surface area contributed by atoms with Gasteiger partial charge in [-0.05, 0) is 49.3 Å². The van der Waals surface area contributed by atoms with Gasteiger partial charge in [-0.15, -0.1) is 0 Å². The van der Waals surface area contributed by atoms with Gasteiger partial charge >= 0.3 is 11.8 Å². The number of nitrogens with zero attached hydrogens (tertiary/aromatic N) is 3. The molecule has 180 valence electrons. The molecule has 0 unspecified atom stereocenters. The van der Waals surface area contributed by atoms with Gasteiger partial charge in [0, 0.05) is 27.2 Å². The number of hydrogen-bond donors (Lipinski definition) is 4. The summed E-state index contributed by atoms with van der Waals surface area (Å²) < 4.78 is 1.32. The fourth-order valence-electron chi connectivity index (χ4n) is 4.61. The number of fused-ring (bicyclic) bond motifs is 2. The molecule has 34 heavy (non-hydrogen) atoms. The molecule has 11 nitrogen and oxygen atoms in total. The van der Waals surface area contributed by atoms with E-state index in [0.29, 0.717) is 37.8 Å². The van der Waals surface area contributed by atoms with Crippen LogP contribution in [0.25, 0.3) is 0 Å². The number of amides is 3. The van der Waals surface area contributed by atoms with Crippen molar-refractivity contribution in [3.05, 3.63) is 51.7 Å². The van der Waals surface area contributed by atoms with Crippen LogP contribution in [-0.2, 0) is 28.2 Å². The number of aromatic nitrogens is 2. The van der Waals surface area contributed by atoms with Crippen LogP contribution in [0.15, 0.2) is 29.1 Å². The van der Waals surface area contributed by atoms with E-state index in [9.17, 15) is 29.4 Å². The van der Waals surface area contributed by atoms with Gasteiger partial charge in [0.25, 0.3) is 11.5 Å². The van der Waals surface area contributed by atoms with E-state index in [1.54, 1.807) is 12.1 Å². The molecular weight excluding hydrogens is 442 g/mol. The number of phenolic OH excluding ortho intramolecular Hbond substituents is 1. The third-order valence-electron chi connectivity index (χ3n) is 6.53. The number of rotatable bonds is 4. The van der Waals surface area contributed by atoms with E-state index in [-0.39, 0.29) is 24.0 Å². The number of aromatic hydroxyl groups is 2. The van der Waals surface area contributed by atoms with E-state index < -0.39 is 40.3 Å². The zero-order valence-electron chi connectivity index (χ0n) is 19.0. The number of carbonyl (C=O) groups is 3. The van der Waals surface area contributed by atoms with Crippen molar-refractivity contribution in [2.45, 2.75) is 44.3 Å². The number of hydrogen-bond acceptors (Lipinski definition) is 7. The summed E-state index contributed by atoms with van der Waals surface area (Å²) in [5.74, 6) is -2.66. The summed E-state index contributed by atoms with van der Waals surface area (Å²) in [5, 5.41) is 25.3. The first-order valence-corrected chi connectivity index (χ1v) is 11.1. The highest BCUT2D eigenvalue weighted by atomic mass is 16.3. The maximum Gasteiger partial charge on any atom is 0.311 e. The summed E-state index contributed by atoms with van der Waals surface area (Å²) in [6.07, 6.45) is 2.30. The van der Waals surface area contributed by atoms with E-state index in [4.69, 9.17) is 0 Å². The van der Waals surface area contributed by atoms with Crippen LogP contribution >= 0.6 is 0 Å². The minimum atomic E-state index is -1.10. The summed E-state index contributed by atoms with van der Waals surface area (Å²) in [6.45, 7) is 0.392. The molecule has 0 saturated heterocycles. The first kappa shape index (κ1) is 23.3. The monoisotopic (exact) mass is 469 g/mol. The maximum atomic E-state index is 13.1. The molecule has 1 aromatic carbocycles. The first-order chi connectivity index (χ1) is 16.1. The van der Waals surface area contributed by atoms with Crippen LogP contribution in [0.3, 0.4) is 0 Å². The molecule has 1 fully saturated rings. The molecule has 3 aliphatic rings. The van der Waals surface area contributed by atoms with Crippen LogP contribution in [-0.4, -0.2) is 56.5 Å². The number of benzene rings is 1. The summed E-state index contributed by atoms with van der Waals surface area (Å²) in [4.78, 5) is 56.4. The lowest BCUT2D eigenvalue weighted by atomic mass is 9.77. The van der Waals surface area contributed by atoms with Crippen molar-refractivity contribution < 1.29 is 24.6 Å². The van der Waals surface area contributed by atoms with Crippen LogP contribution in [0.5, 0.6) is 11.5 Å². The highest BCUT2D eigenvalue weighted by molar-refractivity contribution is 6.35. The molecular formula is C23H27N5O6. The molecule has 2 aliphatic heterocycles. The summed E-state index contributed by atoms with van der Waals surface area (Å²) in [5.41, 5.74) is -1.60. The first-order valence-electron chi connectivity index (χ1n) is 11.1. The van der Waals surface area contributed by atoms with E-state index >= 15 is 0 Å². The fourth-order valence-corrected chi connectivity index (χ4v) is 4.61. The normalized spacial score (nSPS) is 20.7. The van der Waals surface area contributed by atoms with Crippen LogP contribution in [0.4, 0.5) is 0 Å². The van der Waals surface area contributed by atoms with Gasteiger partial charge in [-0.25, -0.2) is 4.98 Å². The molecule has 0 spiro atoms. The molecule has 3 heterocycles. The zero-order chi connectivity index (χ0) is 24.6. The van der Waals surface area contributed by atoms with Gasteiger partial charge in [-0.2, -0.15) is 0 Å². The van der Waals surface area contributed by atoms with E-state index in [0.717, 1.165) is 4.90 Å². The predicted octanol–water partition coefficient (Wildman–Crippen LogP) is 0.188. The third kappa shape index (κ3) is 4.20. The third-order valence-corrected chi connectivity index (χ3v) is 6.53.